The SMILES string of the molecule is Cc1ccc(C(=S)Oc2ccc(Br)cc2)cc1. The largest absolute Gasteiger partial charge is 0.445 e. The fraction of sp³-hybridized carbons (Fsp3) is 0.0714. The van der Waals surface area contributed by atoms with E-state index in [1.807, 2.05) is 55.5 Å². The lowest BCUT2D eigenvalue weighted by atomic mass is 10.2. The third-order valence-electron chi connectivity index (χ3n) is 2.31. The van der Waals surface area contributed by atoms with E-state index in [1.54, 1.807) is 0 Å². The number of rotatable bonds is 2. The summed E-state index contributed by atoms with van der Waals surface area (Å²) in [6, 6.07) is 15.6. The topological polar surface area (TPSA) is 9.23 Å². The maximum Gasteiger partial charge on any atom is 0.198 e. The summed E-state index contributed by atoms with van der Waals surface area (Å²) in [4.78, 5) is 0. The van der Waals surface area contributed by atoms with Crippen LogP contribution in [0.15, 0.2) is 53.0 Å². The van der Waals surface area contributed by atoms with Crippen molar-refractivity contribution >= 4 is 33.2 Å². The Bertz CT molecular complexity index is 517. The summed E-state index contributed by atoms with van der Waals surface area (Å²) in [5, 5.41) is 0.493. The van der Waals surface area contributed by atoms with Gasteiger partial charge in [0.1, 0.15) is 5.75 Å². The standard InChI is InChI=1S/C14H11BrOS/c1-10-2-4-11(5-3-10)14(17)16-13-8-6-12(15)7-9-13/h2-9H,1H3. The molecule has 0 saturated carbocycles. The van der Waals surface area contributed by atoms with Crippen LogP contribution in [0.5, 0.6) is 5.75 Å². The Morgan fingerprint density at radius 1 is 1.00 bits per heavy atom. The van der Waals surface area contributed by atoms with E-state index in [-0.39, 0.29) is 0 Å². The van der Waals surface area contributed by atoms with Gasteiger partial charge in [0.2, 0.25) is 0 Å². The van der Waals surface area contributed by atoms with E-state index in [0.717, 1.165) is 15.8 Å². The highest BCUT2D eigenvalue weighted by Gasteiger charge is 2.03. The number of halogens is 1. The van der Waals surface area contributed by atoms with Crippen molar-refractivity contribution < 1.29 is 4.74 Å². The first-order chi connectivity index (χ1) is 8.15. The lowest BCUT2D eigenvalue weighted by Gasteiger charge is -2.07. The molecule has 0 aliphatic carbocycles. The van der Waals surface area contributed by atoms with Gasteiger partial charge in [0.25, 0.3) is 0 Å². The maximum atomic E-state index is 5.61. The van der Waals surface area contributed by atoms with Gasteiger partial charge in [-0.1, -0.05) is 45.8 Å². The summed E-state index contributed by atoms with van der Waals surface area (Å²) in [5.74, 6) is 0.749. The van der Waals surface area contributed by atoms with Gasteiger partial charge in [0.05, 0.1) is 0 Å². The summed E-state index contributed by atoms with van der Waals surface area (Å²) in [6.45, 7) is 2.04. The minimum absolute atomic E-state index is 0.493. The molecule has 2 aromatic rings. The molecule has 2 aromatic carbocycles. The van der Waals surface area contributed by atoms with E-state index in [0.29, 0.717) is 5.05 Å². The Morgan fingerprint density at radius 2 is 1.59 bits per heavy atom. The van der Waals surface area contributed by atoms with Crippen molar-refractivity contribution in [3.63, 3.8) is 0 Å². The lowest BCUT2D eigenvalue weighted by Crippen LogP contribution is -2.06. The molecule has 2 rings (SSSR count). The normalized spacial score (nSPS) is 10.0. The molecule has 0 saturated heterocycles. The zero-order valence-electron chi connectivity index (χ0n) is 9.31. The zero-order chi connectivity index (χ0) is 12.3. The average Bonchev–Trinajstić information content (AvgIpc) is 2.33. The van der Waals surface area contributed by atoms with Crippen LogP contribution < -0.4 is 4.74 Å². The van der Waals surface area contributed by atoms with Crippen LogP contribution in [0.25, 0.3) is 0 Å². The van der Waals surface area contributed by atoms with Gasteiger partial charge in [-0.2, -0.15) is 0 Å². The molecule has 0 aromatic heterocycles. The second-order valence-electron chi connectivity index (χ2n) is 3.71. The minimum atomic E-state index is 0.493. The summed E-state index contributed by atoms with van der Waals surface area (Å²) >= 11 is 8.62. The zero-order valence-corrected chi connectivity index (χ0v) is 11.7. The molecule has 0 aliphatic rings. The van der Waals surface area contributed by atoms with Crippen molar-refractivity contribution in [1.29, 1.82) is 0 Å². The molecule has 1 nitrogen and oxygen atoms in total. The van der Waals surface area contributed by atoms with Crippen molar-refractivity contribution in [1.82, 2.24) is 0 Å². The van der Waals surface area contributed by atoms with Crippen molar-refractivity contribution in [3.8, 4) is 5.75 Å². The van der Waals surface area contributed by atoms with Crippen LogP contribution in [-0.2, 0) is 0 Å². The molecule has 0 amide bonds. The van der Waals surface area contributed by atoms with Gasteiger partial charge in [-0.25, -0.2) is 0 Å². The average molecular weight is 307 g/mol. The summed E-state index contributed by atoms with van der Waals surface area (Å²) in [6.07, 6.45) is 0. The van der Waals surface area contributed by atoms with E-state index in [2.05, 4.69) is 15.9 Å². The Hall–Kier alpha value is -1.19. The van der Waals surface area contributed by atoms with Gasteiger partial charge in [-0.15, -0.1) is 0 Å². The van der Waals surface area contributed by atoms with Crippen LogP contribution >= 0.6 is 28.1 Å². The number of aryl methyl sites for hydroxylation is 1. The molecule has 17 heavy (non-hydrogen) atoms. The highest BCUT2D eigenvalue weighted by molar-refractivity contribution is 9.10. The maximum absolute atomic E-state index is 5.61. The smallest absolute Gasteiger partial charge is 0.198 e. The number of thiocarbonyl (C=S) groups is 1. The quantitative estimate of drug-likeness (QED) is 0.755. The second kappa shape index (κ2) is 5.43. The van der Waals surface area contributed by atoms with Crippen LogP contribution in [0.3, 0.4) is 0 Å². The Labute approximate surface area is 115 Å². The molecule has 0 N–H and O–H groups in total. The van der Waals surface area contributed by atoms with Gasteiger partial charge < -0.3 is 4.74 Å². The molecule has 0 aliphatic heterocycles. The molecule has 0 unspecified atom stereocenters. The Morgan fingerprint density at radius 3 is 2.18 bits per heavy atom. The third kappa shape index (κ3) is 3.38. The van der Waals surface area contributed by atoms with Gasteiger partial charge in [-0.3, -0.25) is 0 Å². The number of hydrogen-bond donors (Lipinski definition) is 0. The van der Waals surface area contributed by atoms with E-state index in [4.69, 9.17) is 17.0 Å². The molecular formula is C14H11BrOS. The van der Waals surface area contributed by atoms with Gasteiger partial charge in [0.15, 0.2) is 5.05 Å². The Kier molecular flexibility index (Phi) is 3.92. The minimum Gasteiger partial charge on any atom is -0.445 e. The van der Waals surface area contributed by atoms with Crippen LogP contribution in [0.2, 0.25) is 0 Å². The monoisotopic (exact) mass is 306 g/mol. The van der Waals surface area contributed by atoms with Crippen LogP contribution in [0.1, 0.15) is 11.1 Å². The molecule has 86 valence electrons. The van der Waals surface area contributed by atoms with E-state index < -0.39 is 0 Å². The second-order valence-corrected chi connectivity index (χ2v) is 5.00. The molecule has 0 radical (unpaired) electrons. The molecule has 0 spiro atoms. The summed E-state index contributed by atoms with van der Waals surface area (Å²) < 4.78 is 6.63. The van der Waals surface area contributed by atoms with Crippen LogP contribution in [0, 0.1) is 6.92 Å². The van der Waals surface area contributed by atoms with Crippen LogP contribution in [0.4, 0.5) is 0 Å². The van der Waals surface area contributed by atoms with Gasteiger partial charge in [-0.05, 0) is 43.4 Å². The van der Waals surface area contributed by atoms with E-state index in [9.17, 15) is 0 Å². The van der Waals surface area contributed by atoms with Gasteiger partial charge in [0, 0.05) is 10.0 Å². The van der Waals surface area contributed by atoms with E-state index in [1.165, 1.54) is 5.56 Å². The van der Waals surface area contributed by atoms with Crippen molar-refractivity contribution in [2.24, 2.45) is 0 Å². The predicted octanol–water partition coefficient (Wildman–Crippen LogP) is 4.51. The molecule has 0 heterocycles. The summed E-state index contributed by atoms with van der Waals surface area (Å²) in [5.41, 5.74) is 2.13. The van der Waals surface area contributed by atoms with Crippen molar-refractivity contribution in [2.45, 2.75) is 6.92 Å². The molecule has 3 heteroatoms. The Balaban J connectivity index is 2.11. The fourth-order valence-corrected chi connectivity index (χ4v) is 1.85. The lowest BCUT2D eigenvalue weighted by molar-refractivity contribution is 0.566. The first-order valence-corrected chi connectivity index (χ1v) is 6.40. The summed E-state index contributed by atoms with van der Waals surface area (Å²) in [7, 11) is 0. The highest BCUT2D eigenvalue weighted by Crippen LogP contribution is 2.18. The van der Waals surface area contributed by atoms with Crippen molar-refractivity contribution in [3.05, 3.63) is 64.1 Å². The molecule has 0 fully saturated rings. The van der Waals surface area contributed by atoms with Crippen molar-refractivity contribution in [2.75, 3.05) is 0 Å². The number of benzene rings is 2. The van der Waals surface area contributed by atoms with Gasteiger partial charge >= 0.3 is 0 Å². The molecule has 0 atom stereocenters. The molecular weight excluding hydrogens is 296 g/mol. The third-order valence-corrected chi connectivity index (χ3v) is 3.16. The first-order valence-electron chi connectivity index (χ1n) is 5.19. The molecule has 0 bridgehead atoms. The first kappa shape index (κ1) is 12.3. The number of ether oxygens (including phenoxy) is 1. The number of hydrogen-bond acceptors (Lipinski definition) is 2. The van der Waals surface area contributed by atoms with Crippen LogP contribution in [-0.4, -0.2) is 5.05 Å². The van der Waals surface area contributed by atoms with E-state index >= 15 is 0 Å². The highest BCUT2D eigenvalue weighted by atomic mass is 79.9. The fourth-order valence-electron chi connectivity index (χ4n) is 1.36. The predicted molar refractivity (Wildman–Crippen MR) is 77.6 cm³/mol.